The van der Waals surface area contributed by atoms with Gasteiger partial charge in [-0.15, -0.1) is 0 Å². The Bertz CT molecular complexity index is 2310. The number of aromatic nitrogens is 1. The fourth-order valence-electron chi connectivity index (χ4n) is 6.93. The summed E-state index contributed by atoms with van der Waals surface area (Å²) in [6.07, 6.45) is -0.579. The van der Waals surface area contributed by atoms with Gasteiger partial charge in [-0.05, 0) is 47.7 Å². The van der Waals surface area contributed by atoms with Crippen LogP contribution in [0.3, 0.4) is 0 Å². The van der Waals surface area contributed by atoms with Crippen LogP contribution in [0.1, 0.15) is 56.9 Å². The lowest BCUT2D eigenvalue weighted by atomic mass is 10.00. The van der Waals surface area contributed by atoms with Gasteiger partial charge in [0.05, 0.1) is 22.5 Å². The number of hydrogen-bond acceptors (Lipinski definition) is 7. The molecule has 0 fully saturated rings. The first-order valence-corrected chi connectivity index (χ1v) is 16.8. The summed E-state index contributed by atoms with van der Waals surface area (Å²) in [6, 6.07) is 26.3. The summed E-state index contributed by atoms with van der Waals surface area (Å²) in [6.45, 7) is 3.88. The van der Waals surface area contributed by atoms with E-state index in [1.54, 1.807) is 48.5 Å². The van der Waals surface area contributed by atoms with Crippen LogP contribution in [-0.4, -0.2) is 46.4 Å². The Kier molecular flexibility index (Phi) is 9.02. The number of hydrogen-bond donors (Lipinski definition) is 1. The Morgan fingerprint density at radius 3 is 2.35 bits per heavy atom. The third-order valence-corrected chi connectivity index (χ3v) is 9.21. The lowest BCUT2D eigenvalue weighted by Crippen LogP contribution is -2.49. The maximum atomic E-state index is 14.7. The van der Waals surface area contributed by atoms with Gasteiger partial charge in [-0.25, -0.2) is 14.6 Å². The maximum Gasteiger partial charge on any atom is 0.416 e. The monoisotopic (exact) mass is 695 g/mol. The van der Waals surface area contributed by atoms with E-state index in [0.29, 0.717) is 22.9 Å². The molecule has 2 aliphatic rings. The lowest BCUT2D eigenvalue weighted by Gasteiger charge is -2.26. The zero-order valence-electron chi connectivity index (χ0n) is 28.3. The van der Waals surface area contributed by atoms with Gasteiger partial charge in [0.2, 0.25) is 0 Å². The molecule has 5 aromatic rings. The van der Waals surface area contributed by atoms with E-state index in [1.165, 1.54) is 33.7 Å². The van der Waals surface area contributed by atoms with E-state index in [4.69, 9.17) is 10.3 Å². The van der Waals surface area contributed by atoms with Gasteiger partial charge in [-0.1, -0.05) is 97.8 Å². The summed E-state index contributed by atoms with van der Waals surface area (Å²) in [5, 5.41) is 7.04. The molecule has 52 heavy (non-hydrogen) atoms. The molecule has 0 spiro atoms. The van der Waals surface area contributed by atoms with Crippen LogP contribution in [0.5, 0.6) is 0 Å². The van der Waals surface area contributed by atoms with Crippen LogP contribution in [0.2, 0.25) is 0 Å². The number of carbonyl (C=O) groups excluding carboxylic acids is 5. The van der Waals surface area contributed by atoms with Gasteiger partial charge in [0.15, 0.2) is 0 Å². The molecule has 0 saturated carbocycles. The smallest absolute Gasteiger partial charge is 0.416 e. The number of benzene rings is 4. The van der Waals surface area contributed by atoms with Gasteiger partial charge in [0, 0.05) is 27.8 Å². The van der Waals surface area contributed by atoms with Gasteiger partial charge in [0.1, 0.15) is 24.5 Å². The van der Waals surface area contributed by atoms with Gasteiger partial charge < -0.3 is 10.1 Å². The minimum absolute atomic E-state index is 0.0102. The van der Waals surface area contributed by atoms with Gasteiger partial charge in [0.25, 0.3) is 23.6 Å². The number of nitrogens with zero attached hydrogens (tertiary/aromatic N) is 6. The van der Waals surface area contributed by atoms with Crippen molar-refractivity contribution in [3.63, 3.8) is 0 Å². The largest absolute Gasteiger partial charge is 0.444 e. The highest BCUT2D eigenvalue weighted by molar-refractivity contribution is 6.27. The summed E-state index contributed by atoms with van der Waals surface area (Å²) in [4.78, 5) is 76.1. The molecule has 0 bridgehead atoms. The standard InChI is InChI=1S/C39H33N7O6/c1-23(2)20-33-38(50)44-31-18-10-7-14-25(31)28(35(44)45(33)39(51)52-22-24-12-4-3-5-13-24)21-30-37(49)46(32-19-11-8-16-27(32)34(47)41-30)36(48)26-15-6-9-17-29(26)42-43-40/h3-19,23,30,33H,20-22H2,1-2H3,(H,41,47)/t30-,33-/m0/s1. The Hall–Kier alpha value is -6.72. The van der Waals surface area contributed by atoms with Crippen molar-refractivity contribution in [3.05, 3.63) is 136 Å². The van der Waals surface area contributed by atoms with Crippen molar-refractivity contribution in [2.45, 2.75) is 45.4 Å². The minimum Gasteiger partial charge on any atom is -0.444 e. The highest BCUT2D eigenvalue weighted by Gasteiger charge is 2.47. The van der Waals surface area contributed by atoms with Crippen LogP contribution in [0.4, 0.5) is 22.0 Å². The van der Waals surface area contributed by atoms with Crippen LogP contribution in [-0.2, 0) is 22.6 Å². The first-order chi connectivity index (χ1) is 25.2. The molecule has 4 aromatic carbocycles. The highest BCUT2D eigenvalue weighted by Crippen LogP contribution is 2.42. The quantitative estimate of drug-likeness (QED) is 0.0772. The topological polar surface area (TPSA) is 167 Å². The average molecular weight is 696 g/mol. The number of ether oxygens (including phenoxy) is 1. The first-order valence-electron chi connectivity index (χ1n) is 16.8. The number of rotatable bonds is 8. The molecule has 0 unspecified atom stereocenters. The molecule has 0 saturated heterocycles. The van der Waals surface area contributed by atoms with Crippen LogP contribution >= 0.6 is 0 Å². The number of anilines is 2. The van der Waals surface area contributed by atoms with Crippen molar-refractivity contribution >= 4 is 57.8 Å². The molecule has 7 rings (SSSR count). The molecule has 2 atom stereocenters. The predicted octanol–water partition coefficient (Wildman–Crippen LogP) is 7.32. The summed E-state index contributed by atoms with van der Waals surface area (Å²) >= 11 is 0. The number of azide groups is 1. The maximum absolute atomic E-state index is 14.7. The van der Waals surface area contributed by atoms with Crippen LogP contribution in [0.15, 0.2) is 108 Å². The predicted molar refractivity (Wildman–Crippen MR) is 193 cm³/mol. The summed E-state index contributed by atoms with van der Waals surface area (Å²) < 4.78 is 7.28. The molecule has 13 nitrogen and oxygen atoms in total. The van der Waals surface area contributed by atoms with Crippen molar-refractivity contribution < 1.29 is 28.7 Å². The number of carbonyl (C=O) groups is 5. The second-order valence-corrected chi connectivity index (χ2v) is 13.0. The fourth-order valence-corrected chi connectivity index (χ4v) is 6.93. The molecular weight excluding hydrogens is 662 g/mol. The summed E-state index contributed by atoms with van der Waals surface area (Å²) in [7, 11) is 0. The van der Waals surface area contributed by atoms with E-state index in [2.05, 4.69) is 15.3 Å². The van der Waals surface area contributed by atoms with Crippen LogP contribution in [0, 0.1) is 5.92 Å². The van der Waals surface area contributed by atoms with Crippen molar-refractivity contribution in [1.29, 1.82) is 0 Å². The van der Waals surface area contributed by atoms with Crippen molar-refractivity contribution in [2.75, 3.05) is 9.80 Å². The molecule has 13 heteroatoms. The van der Waals surface area contributed by atoms with E-state index in [1.807, 2.05) is 44.2 Å². The fraction of sp³-hybridized carbons (Fsp3) is 0.205. The van der Waals surface area contributed by atoms with Crippen molar-refractivity contribution in [1.82, 2.24) is 9.88 Å². The zero-order valence-corrected chi connectivity index (χ0v) is 28.3. The van der Waals surface area contributed by atoms with Gasteiger partial charge in [-0.2, -0.15) is 0 Å². The van der Waals surface area contributed by atoms with Crippen molar-refractivity contribution in [2.24, 2.45) is 11.0 Å². The van der Waals surface area contributed by atoms with Crippen LogP contribution in [0.25, 0.3) is 21.3 Å². The lowest BCUT2D eigenvalue weighted by molar-refractivity contribution is -0.119. The molecular formula is C39H33N7O6. The number of nitrogens with one attached hydrogen (secondary N) is 1. The van der Waals surface area contributed by atoms with E-state index in [0.717, 1.165) is 10.5 Å². The Labute approximate surface area is 298 Å². The first kappa shape index (κ1) is 33.8. The molecule has 1 N–H and O–H groups in total. The molecule has 3 heterocycles. The number of fused-ring (bicyclic) bond motifs is 4. The molecule has 0 aliphatic carbocycles. The third-order valence-electron chi connectivity index (χ3n) is 9.21. The van der Waals surface area contributed by atoms with E-state index in [9.17, 15) is 24.0 Å². The minimum atomic E-state index is -1.33. The van der Waals surface area contributed by atoms with Crippen molar-refractivity contribution in [3.8, 4) is 0 Å². The molecule has 4 amide bonds. The average Bonchev–Trinajstić information content (AvgIpc) is 3.58. The Balaban J connectivity index is 1.34. The number of amides is 4. The molecule has 260 valence electrons. The van der Waals surface area contributed by atoms with E-state index < -0.39 is 35.9 Å². The second-order valence-electron chi connectivity index (χ2n) is 13.0. The summed E-state index contributed by atoms with van der Waals surface area (Å²) in [5.74, 6) is -2.20. The van der Waals surface area contributed by atoms with Crippen LogP contribution < -0.4 is 15.1 Å². The van der Waals surface area contributed by atoms with E-state index >= 15 is 0 Å². The number of para-hydroxylation sites is 2. The third kappa shape index (κ3) is 5.92. The second kappa shape index (κ2) is 13.9. The van der Waals surface area contributed by atoms with Gasteiger partial charge in [-0.3, -0.25) is 23.7 Å². The Morgan fingerprint density at radius 2 is 1.58 bits per heavy atom. The SMILES string of the molecule is CC(C)C[C@H]1C(=O)n2c(c(C[C@@H]3NC(=O)c4ccccc4N(C(=O)c4ccccc4N=[N+]=[N-])C3=O)c3ccccc32)N1C(=O)OCc1ccccc1. The zero-order chi connectivity index (χ0) is 36.5. The molecule has 2 aliphatic heterocycles. The highest BCUT2D eigenvalue weighted by atomic mass is 16.6. The normalized spacial score (nSPS) is 16.6. The Morgan fingerprint density at radius 1 is 0.885 bits per heavy atom. The van der Waals surface area contributed by atoms with E-state index in [-0.39, 0.29) is 53.2 Å². The molecule has 0 radical (unpaired) electrons. The summed E-state index contributed by atoms with van der Waals surface area (Å²) in [5.41, 5.74) is 11.0. The number of imide groups is 1. The molecule has 1 aromatic heterocycles. The van der Waals surface area contributed by atoms with Gasteiger partial charge >= 0.3 is 6.09 Å².